The number of carbonyl (C=O) groups excluding carboxylic acids is 2. The van der Waals surface area contributed by atoms with Crippen molar-refractivity contribution in [2.75, 3.05) is 7.11 Å². The number of ketones is 1. The molecule has 0 saturated carbocycles. The van der Waals surface area contributed by atoms with E-state index in [0.717, 1.165) is 11.3 Å². The molecule has 5 heteroatoms. The highest BCUT2D eigenvalue weighted by atomic mass is 19.1. The van der Waals surface area contributed by atoms with Gasteiger partial charge in [-0.15, -0.1) is 0 Å². The zero-order valence-corrected chi connectivity index (χ0v) is 13.1. The number of allylic oxidation sites excluding steroid dienone is 3. The number of benzene rings is 1. The number of carbonyl (C=O) groups is 2. The van der Waals surface area contributed by atoms with Crippen molar-refractivity contribution in [1.82, 2.24) is 5.32 Å². The zero-order valence-electron chi connectivity index (χ0n) is 13.1. The molecule has 0 amide bonds. The van der Waals surface area contributed by atoms with E-state index in [1.807, 2.05) is 6.08 Å². The van der Waals surface area contributed by atoms with Crippen molar-refractivity contribution in [3.8, 4) is 0 Å². The Morgan fingerprint density at radius 3 is 2.61 bits per heavy atom. The van der Waals surface area contributed by atoms with Gasteiger partial charge >= 0.3 is 5.97 Å². The molecule has 0 aromatic heterocycles. The summed E-state index contributed by atoms with van der Waals surface area (Å²) in [6.45, 7) is 1.79. The number of hydrogen-bond acceptors (Lipinski definition) is 4. The molecular formula is C18H18FNO3. The Bertz CT molecular complexity index is 718. The molecule has 1 heterocycles. The fraction of sp³-hybridized carbons (Fsp3) is 0.333. The molecule has 1 N–H and O–H groups in total. The van der Waals surface area contributed by atoms with Gasteiger partial charge in [-0.3, -0.25) is 4.79 Å². The standard InChI is InChI=1S/C18H18FNO3/c1-10-15(18(22)23-2)16(11-6-8-12(19)9-7-11)17-13(20-10)4-3-5-14(17)21/h4,6-9,16-17,20H,3,5H2,1-2H3. The van der Waals surface area contributed by atoms with Crippen molar-refractivity contribution in [1.29, 1.82) is 0 Å². The van der Waals surface area contributed by atoms with Gasteiger partial charge in [0, 0.05) is 23.7 Å². The van der Waals surface area contributed by atoms with E-state index in [2.05, 4.69) is 5.32 Å². The summed E-state index contributed by atoms with van der Waals surface area (Å²) in [6, 6.07) is 5.94. The van der Waals surface area contributed by atoms with Gasteiger partial charge in [0.25, 0.3) is 0 Å². The van der Waals surface area contributed by atoms with Gasteiger partial charge in [0.1, 0.15) is 11.6 Å². The SMILES string of the molecule is COC(=O)C1=C(C)NC2=CCCC(=O)C2C1c1ccc(F)cc1. The third-order valence-corrected chi connectivity index (χ3v) is 4.45. The maximum Gasteiger partial charge on any atom is 0.336 e. The second-order valence-corrected chi connectivity index (χ2v) is 5.83. The van der Waals surface area contributed by atoms with E-state index in [4.69, 9.17) is 4.74 Å². The number of rotatable bonds is 2. The lowest BCUT2D eigenvalue weighted by Gasteiger charge is -2.37. The number of halogens is 1. The summed E-state index contributed by atoms with van der Waals surface area (Å²) in [5, 5.41) is 3.17. The Balaban J connectivity index is 2.18. The molecule has 2 unspecified atom stereocenters. The fourth-order valence-electron chi connectivity index (χ4n) is 3.42. The quantitative estimate of drug-likeness (QED) is 0.853. The minimum Gasteiger partial charge on any atom is -0.466 e. The number of fused-ring (bicyclic) bond motifs is 1. The Morgan fingerprint density at radius 1 is 1.26 bits per heavy atom. The molecule has 4 nitrogen and oxygen atoms in total. The Labute approximate surface area is 134 Å². The first-order valence-corrected chi connectivity index (χ1v) is 7.57. The van der Waals surface area contributed by atoms with Crippen molar-refractivity contribution >= 4 is 11.8 Å². The molecule has 1 aromatic rings. The highest BCUT2D eigenvalue weighted by Crippen LogP contribution is 2.43. The van der Waals surface area contributed by atoms with E-state index in [1.54, 1.807) is 19.1 Å². The van der Waals surface area contributed by atoms with Crippen molar-refractivity contribution in [2.24, 2.45) is 5.92 Å². The van der Waals surface area contributed by atoms with Gasteiger partial charge in [0.15, 0.2) is 0 Å². The van der Waals surface area contributed by atoms with Crippen LogP contribution >= 0.6 is 0 Å². The van der Waals surface area contributed by atoms with Gasteiger partial charge in [-0.2, -0.15) is 0 Å². The lowest BCUT2D eigenvalue weighted by atomic mass is 9.71. The van der Waals surface area contributed by atoms with Gasteiger partial charge in [0.2, 0.25) is 0 Å². The van der Waals surface area contributed by atoms with Gasteiger partial charge in [-0.05, 0) is 31.0 Å². The van der Waals surface area contributed by atoms with E-state index >= 15 is 0 Å². The summed E-state index contributed by atoms with van der Waals surface area (Å²) in [6.07, 6.45) is 3.13. The van der Waals surface area contributed by atoms with E-state index in [1.165, 1.54) is 19.2 Å². The van der Waals surface area contributed by atoms with Crippen LogP contribution in [-0.2, 0) is 14.3 Å². The molecule has 0 saturated heterocycles. The molecular weight excluding hydrogens is 297 g/mol. The largest absolute Gasteiger partial charge is 0.466 e. The van der Waals surface area contributed by atoms with Crippen LogP contribution < -0.4 is 5.32 Å². The topological polar surface area (TPSA) is 55.4 Å². The molecule has 3 rings (SSSR count). The maximum atomic E-state index is 13.3. The first-order valence-electron chi connectivity index (χ1n) is 7.57. The summed E-state index contributed by atoms with van der Waals surface area (Å²) in [4.78, 5) is 24.8. The van der Waals surface area contributed by atoms with Crippen molar-refractivity contribution in [3.05, 3.63) is 58.7 Å². The van der Waals surface area contributed by atoms with Crippen molar-refractivity contribution in [2.45, 2.75) is 25.7 Å². The van der Waals surface area contributed by atoms with Crippen LogP contribution in [0.1, 0.15) is 31.2 Å². The summed E-state index contributed by atoms with van der Waals surface area (Å²) in [7, 11) is 1.32. The van der Waals surface area contributed by atoms with Crippen molar-refractivity contribution in [3.63, 3.8) is 0 Å². The van der Waals surface area contributed by atoms with Gasteiger partial charge in [-0.1, -0.05) is 18.2 Å². The molecule has 2 aliphatic rings. The predicted octanol–water partition coefficient (Wildman–Crippen LogP) is 2.82. The number of methoxy groups -OCH3 is 1. The lowest BCUT2D eigenvalue weighted by molar-refractivity contribution is -0.136. The molecule has 0 spiro atoms. The number of Topliss-reactive ketones (excluding diaryl/α,β-unsaturated/α-hetero) is 1. The first-order chi connectivity index (χ1) is 11.0. The zero-order chi connectivity index (χ0) is 16.6. The van der Waals surface area contributed by atoms with Crippen LogP contribution in [-0.4, -0.2) is 18.9 Å². The highest BCUT2D eigenvalue weighted by molar-refractivity contribution is 5.96. The molecule has 1 aliphatic carbocycles. The predicted molar refractivity (Wildman–Crippen MR) is 82.8 cm³/mol. The molecule has 1 aliphatic heterocycles. The minimum absolute atomic E-state index is 0.0817. The third-order valence-electron chi connectivity index (χ3n) is 4.45. The van der Waals surface area contributed by atoms with Crippen LogP contribution in [0.2, 0.25) is 0 Å². The van der Waals surface area contributed by atoms with E-state index in [9.17, 15) is 14.0 Å². The number of nitrogens with one attached hydrogen (secondary N) is 1. The average Bonchev–Trinajstić information content (AvgIpc) is 2.54. The summed E-state index contributed by atoms with van der Waals surface area (Å²) in [5.41, 5.74) is 2.65. The third kappa shape index (κ3) is 2.67. The average molecular weight is 315 g/mol. The smallest absolute Gasteiger partial charge is 0.336 e. The fourth-order valence-corrected chi connectivity index (χ4v) is 3.42. The minimum atomic E-state index is -0.471. The van der Waals surface area contributed by atoms with Crippen LogP contribution in [0.5, 0.6) is 0 Å². The lowest BCUT2D eigenvalue weighted by Crippen LogP contribution is -2.40. The van der Waals surface area contributed by atoms with Crippen LogP contribution in [0, 0.1) is 11.7 Å². The molecule has 0 bridgehead atoms. The van der Waals surface area contributed by atoms with E-state index in [-0.39, 0.29) is 11.6 Å². The Kier molecular flexibility index (Phi) is 4.03. The summed E-state index contributed by atoms with van der Waals surface area (Å²) < 4.78 is 18.2. The number of ether oxygens (including phenoxy) is 1. The van der Waals surface area contributed by atoms with Gasteiger partial charge in [0.05, 0.1) is 18.6 Å². The maximum absolute atomic E-state index is 13.3. The molecule has 2 atom stereocenters. The molecule has 120 valence electrons. The van der Waals surface area contributed by atoms with Crippen LogP contribution in [0.4, 0.5) is 4.39 Å². The van der Waals surface area contributed by atoms with E-state index in [0.29, 0.717) is 24.1 Å². The Hall–Kier alpha value is -2.43. The molecule has 0 radical (unpaired) electrons. The first kappa shape index (κ1) is 15.5. The van der Waals surface area contributed by atoms with Gasteiger partial charge < -0.3 is 10.1 Å². The summed E-state index contributed by atoms with van der Waals surface area (Å²) in [5.74, 6) is -1.65. The van der Waals surface area contributed by atoms with Gasteiger partial charge in [-0.25, -0.2) is 9.18 Å². The van der Waals surface area contributed by atoms with Crippen molar-refractivity contribution < 1.29 is 18.7 Å². The normalized spacial score (nSPS) is 23.8. The number of esters is 1. The second-order valence-electron chi connectivity index (χ2n) is 5.83. The van der Waals surface area contributed by atoms with Crippen LogP contribution in [0.25, 0.3) is 0 Å². The second kappa shape index (κ2) is 5.99. The Morgan fingerprint density at radius 2 is 1.96 bits per heavy atom. The monoisotopic (exact) mass is 315 g/mol. The number of hydrogen-bond donors (Lipinski definition) is 1. The van der Waals surface area contributed by atoms with Crippen LogP contribution in [0.15, 0.2) is 47.3 Å². The molecule has 23 heavy (non-hydrogen) atoms. The van der Waals surface area contributed by atoms with Crippen LogP contribution in [0.3, 0.4) is 0 Å². The molecule has 1 aromatic carbocycles. The summed E-state index contributed by atoms with van der Waals surface area (Å²) >= 11 is 0. The molecule has 0 fully saturated rings. The highest BCUT2D eigenvalue weighted by Gasteiger charge is 2.43. The van der Waals surface area contributed by atoms with E-state index < -0.39 is 17.8 Å².